The minimum Gasteiger partial charge on any atom is -0.544 e. The summed E-state index contributed by atoms with van der Waals surface area (Å²) in [5, 5.41) is 11.7. The van der Waals surface area contributed by atoms with E-state index in [2.05, 4.69) is 62.5 Å². The molecular formula is C54H97NO7. The van der Waals surface area contributed by atoms with Crippen LogP contribution < -0.4 is 5.11 Å². The second-order valence-corrected chi connectivity index (χ2v) is 18.4. The molecule has 0 saturated heterocycles. The van der Waals surface area contributed by atoms with E-state index in [1.165, 1.54) is 141 Å². The summed E-state index contributed by atoms with van der Waals surface area (Å²) >= 11 is 0. The van der Waals surface area contributed by atoms with Gasteiger partial charge in [0.15, 0.2) is 6.10 Å². The second-order valence-electron chi connectivity index (χ2n) is 18.4. The van der Waals surface area contributed by atoms with E-state index in [-0.39, 0.29) is 42.7 Å². The molecular weight excluding hydrogens is 775 g/mol. The highest BCUT2D eigenvalue weighted by molar-refractivity contribution is 5.70. The highest BCUT2D eigenvalue weighted by Crippen LogP contribution is 2.15. The summed E-state index contributed by atoms with van der Waals surface area (Å²) in [5.41, 5.74) is 0. The van der Waals surface area contributed by atoms with Gasteiger partial charge in [-0.3, -0.25) is 9.59 Å². The van der Waals surface area contributed by atoms with Gasteiger partial charge in [-0.2, -0.15) is 0 Å². The number of carbonyl (C=O) groups excluding carboxylic acids is 3. The number of aliphatic carboxylic acids is 1. The van der Waals surface area contributed by atoms with Crippen molar-refractivity contribution in [3.8, 4) is 0 Å². The van der Waals surface area contributed by atoms with Crippen molar-refractivity contribution < 1.29 is 38.2 Å². The van der Waals surface area contributed by atoms with Gasteiger partial charge in [-0.25, -0.2) is 0 Å². The number of carboxylic acids is 1. The predicted molar refractivity (Wildman–Crippen MR) is 259 cm³/mol. The Bertz CT molecular complexity index is 1150. The van der Waals surface area contributed by atoms with Gasteiger partial charge in [0.2, 0.25) is 0 Å². The molecule has 0 aromatic heterocycles. The standard InChI is InChI=1S/C54H97NO7/c1-6-8-10-12-14-16-18-20-22-24-26-28-30-32-34-36-38-40-42-44-52(56)61-49-50(48-60-47-46-51(54(58)59)55(3,4)5)62-53(57)45-43-41-39-37-35-33-31-29-27-25-23-21-19-17-15-13-11-9-7-2/h14-17,20-23,50-51H,6-13,18-19,24-49H2,1-5H3/b16-14-,17-15-,22-20-,23-21-. The topological polar surface area (TPSA) is 102 Å². The Morgan fingerprint density at radius 3 is 1.24 bits per heavy atom. The van der Waals surface area contributed by atoms with Crippen molar-refractivity contribution in [1.29, 1.82) is 0 Å². The van der Waals surface area contributed by atoms with Gasteiger partial charge in [0.1, 0.15) is 12.6 Å². The van der Waals surface area contributed by atoms with Crippen LogP contribution in [0.4, 0.5) is 0 Å². The van der Waals surface area contributed by atoms with Gasteiger partial charge in [-0.15, -0.1) is 0 Å². The van der Waals surface area contributed by atoms with E-state index in [4.69, 9.17) is 14.2 Å². The number of quaternary nitrogens is 1. The highest BCUT2D eigenvalue weighted by Gasteiger charge is 2.25. The number of allylic oxidation sites excluding steroid dienone is 8. The van der Waals surface area contributed by atoms with Crippen LogP contribution in [-0.4, -0.2) is 75.5 Å². The van der Waals surface area contributed by atoms with Crippen LogP contribution in [0.3, 0.4) is 0 Å². The first-order valence-electron chi connectivity index (χ1n) is 25.7. The molecule has 0 bridgehead atoms. The van der Waals surface area contributed by atoms with Crippen molar-refractivity contribution in [1.82, 2.24) is 0 Å². The number of nitrogens with zero attached hydrogens (tertiary/aromatic N) is 1. The van der Waals surface area contributed by atoms with Gasteiger partial charge in [0.05, 0.1) is 40.3 Å². The molecule has 0 rings (SSSR count). The molecule has 0 spiro atoms. The summed E-state index contributed by atoms with van der Waals surface area (Å²) in [5.74, 6) is -1.74. The van der Waals surface area contributed by atoms with Crippen LogP contribution in [0, 0.1) is 0 Å². The van der Waals surface area contributed by atoms with Crippen molar-refractivity contribution in [3.63, 3.8) is 0 Å². The second kappa shape index (κ2) is 44.9. The average molecular weight is 872 g/mol. The van der Waals surface area contributed by atoms with E-state index >= 15 is 0 Å². The molecule has 0 aliphatic heterocycles. The minimum absolute atomic E-state index is 0.0380. The lowest BCUT2D eigenvalue weighted by molar-refractivity contribution is -0.889. The lowest BCUT2D eigenvalue weighted by Gasteiger charge is -2.34. The van der Waals surface area contributed by atoms with Gasteiger partial charge in [-0.1, -0.05) is 178 Å². The van der Waals surface area contributed by atoms with Gasteiger partial charge < -0.3 is 28.6 Å². The zero-order valence-corrected chi connectivity index (χ0v) is 41.0. The maximum Gasteiger partial charge on any atom is 0.306 e. The Balaban J connectivity index is 4.26. The highest BCUT2D eigenvalue weighted by atomic mass is 16.6. The maximum atomic E-state index is 12.8. The molecule has 0 aliphatic rings. The molecule has 0 saturated carbocycles. The fourth-order valence-electron chi connectivity index (χ4n) is 7.43. The summed E-state index contributed by atoms with van der Waals surface area (Å²) in [7, 11) is 5.41. The van der Waals surface area contributed by atoms with E-state index in [1.54, 1.807) is 21.1 Å². The average Bonchev–Trinajstić information content (AvgIpc) is 3.23. The molecule has 2 atom stereocenters. The molecule has 360 valence electrons. The number of carboxylic acid groups (broad SMARTS) is 1. The normalized spacial score (nSPS) is 13.2. The molecule has 0 radical (unpaired) electrons. The largest absolute Gasteiger partial charge is 0.544 e. The van der Waals surface area contributed by atoms with Crippen LogP contribution in [0.2, 0.25) is 0 Å². The third kappa shape index (κ3) is 42.6. The molecule has 0 aromatic carbocycles. The van der Waals surface area contributed by atoms with Gasteiger partial charge in [0.25, 0.3) is 0 Å². The quantitative estimate of drug-likeness (QED) is 0.0260. The number of carbonyl (C=O) groups is 3. The van der Waals surface area contributed by atoms with Gasteiger partial charge in [-0.05, 0) is 77.0 Å². The van der Waals surface area contributed by atoms with Crippen molar-refractivity contribution >= 4 is 17.9 Å². The zero-order valence-electron chi connectivity index (χ0n) is 41.0. The van der Waals surface area contributed by atoms with Gasteiger partial charge in [0, 0.05) is 19.3 Å². The number of unbranched alkanes of at least 4 members (excludes halogenated alkanes) is 24. The molecule has 8 nitrogen and oxygen atoms in total. The molecule has 0 heterocycles. The van der Waals surface area contributed by atoms with E-state index in [1.807, 2.05) is 0 Å². The Morgan fingerprint density at radius 1 is 0.484 bits per heavy atom. The third-order valence-corrected chi connectivity index (χ3v) is 11.4. The lowest BCUT2D eigenvalue weighted by Crippen LogP contribution is -2.55. The summed E-state index contributed by atoms with van der Waals surface area (Å²) in [6.45, 7) is 4.63. The number of ether oxygens (including phenoxy) is 3. The summed E-state index contributed by atoms with van der Waals surface area (Å²) in [6.07, 6.45) is 54.2. The first kappa shape index (κ1) is 59.3. The fourth-order valence-corrected chi connectivity index (χ4v) is 7.43. The summed E-state index contributed by atoms with van der Waals surface area (Å²) in [4.78, 5) is 37.0. The Hall–Kier alpha value is -2.71. The monoisotopic (exact) mass is 872 g/mol. The third-order valence-electron chi connectivity index (χ3n) is 11.4. The van der Waals surface area contributed by atoms with E-state index in [0.29, 0.717) is 12.8 Å². The Kier molecular flexibility index (Phi) is 42.9. The van der Waals surface area contributed by atoms with Crippen LogP contribution in [-0.2, 0) is 28.6 Å². The SMILES string of the molecule is CCCCC/C=C\C/C=C\CCCCCCCCCCCC(=O)OCC(COCCC(C(=O)[O-])[N+](C)(C)C)OC(=O)CCCCCCCCCCC/C=C\C/C=C\CCCCC. The van der Waals surface area contributed by atoms with E-state index in [9.17, 15) is 19.5 Å². The lowest BCUT2D eigenvalue weighted by atomic mass is 10.1. The molecule has 0 N–H and O–H groups in total. The predicted octanol–water partition coefficient (Wildman–Crippen LogP) is 13.4. The molecule has 8 heteroatoms. The summed E-state index contributed by atoms with van der Waals surface area (Å²) in [6, 6.07) is -0.728. The molecule has 2 unspecified atom stereocenters. The Labute approximate surface area is 382 Å². The number of likely N-dealkylation sites (N-methyl/N-ethyl adjacent to an activating group) is 1. The zero-order chi connectivity index (χ0) is 45.6. The van der Waals surface area contributed by atoms with Crippen LogP contribution >= 0.6 is 0 Å². The van der Waals surface area contributed by atoms with E-state index in [0.717, 1.165) is 51.4 Å². The van der Waals surface area contributed by atoms with Crippen molar-refractivity contribution in [3.05, 3.63) is 48.6 Å². The fraction of sp³-hybridized carbons (Fsp3) is 0.796. The smallest absolute Gasteiger partial charge is 0.306 e. The van der Waals surface area contributed by atoms with Gasteiger partial charge >= 0.3 is 11.9 Å². The van der Waals surface area contributed by atoms with Crippen LogP contribution in [0.1, 0.15) is 226 Å². The van der Waals surface area contributed by atoms with E-state index < -0.39 is 18.1 Å². The van der Waals surface area contributed by atoms with Crippen LogP contribution in [0.5, 0.6) is 0 Å². The number of hydrogen-bond acceptors (Lipinski definition) is 7. The first-order chi connectivity index (χ1) is 30.1. The molecule has 0 aromatic rings. The minimum atomic E-state index is -1.13. The molecule has 0 amide bonds. The number of rotatable bonds is 46. The summed E-state index contributed by atoms with van der Waals surface area (Å²) < 4.78 is 17.2. The van der Waals surface area contributed by atoms with Crippen molar-refractivity contribution in [2.45, 2.75) is 238 Å². The van der Waals surface area contributed by atoms with Crippen LogP contribution in [0.25, 0.3) is 0 Å². The molecule has 62 heavy (non-hydrogen) atoms. The Morgan fingerprint density at radius 2 is 0.855 bits per heavy atom. The maximum absolute atomic E-state index is 12.8. The van der Waals surface area contributed by atoms with Crippen molar-refractivity contribution in [2.75, 3.05) is 41.0 Å². The number of hydrogen-bond donors (Lipinski definition) is 0. The van der Waals surface area contributed by atoms with Crippen molar-refractivity contribution in [2.24, 2.45) is 0 Å². The molecule has 0 aliphatic carbocycles. The first-order valence-corrected chi connectivity index (χ1v) is 25.7. The molecule has 0 fully saturated rings. The number of esters is 2. The van der Waals surface area contributed by atoms with Crippen LogP contribution in [0.15, 0.2) is 48.6 Å².